The number of hydrogen-bond acceptors (Lipinski definition) is 6. The average molecular weight is 590 g/mol. The van der Waals surface area contributed by atoms with E-state index in [0.29, 0.717) is 0 Å². The van der Waals surface area contributed by atoms with Crippen LogP contribution in [0.4, 0.5) is 8.39 Å². The SMILES string of the molecule is O=P([O-])([O-])F.O=P([O-])([O-])F.[F-].[F-].[Sn+2].[Sn+2].[Sn+2]. The van der Waals surface area contributed by atoms with E-state index < -0.39 is 15.8 Å². The Hall–Kier alpha value is 2.42. The summed E-state index contributed by atoms with van der Waals surface area (Å²) >= 11 is 0. The summed E-state index contributed by atoms with van der Waals surface area (Å²) in [6, 6.07) is 0. The van der Waals surface area contributed by atoms with Crippen molar-refractivity contribution < 1.29 is 46.5 Å². The van der Waals surface area contributed by atoms with Crippen LogP contribution in [0.1, 0.15) is 0 Å². The molecule has 0 aromatic heterocycles. The van der Waals surface area contributed by atoms with Crippen molar-refractivity contribution in [2.45, 2.75) is 0 Å². The third-order valence-corrected chi connectivity index (χ3v) is 0. The second-order valence-corrected chi connectivity index (χ2v) is 2.58. The molecule has 15 heteroatoms. The molecule has 0 saturated carbocycles. The van der Waals surface area contributed by atoms with Crippen molar-refractivity contribution in [2.75, 3.05) is 0 Å². The number of halogens is 4. The Kier molecular flexibility index (Phi) is 54.1. The minimum Gasteiger partial charge on any atom is -1.00 e. The number of rotatable bonds is 0. The van der Waals surface area contributed by atoms with Crippen LogP contribution in [0, 0.1) is 0 Å². The first kappa shape index (κ1) is 43.3. The Labute approximate surface area is 133 Å². The first-order valence-corrected chi connectivity index (χ1v) is 4.30. The third-order valence-electron chi connectivity index (χ3n) is 0. The molecule has 0 fully saturated rings. The molecular weight excluding hydrogens is 590 g/mol. The van der Waals surface area contributed by atoms with E-state index >= 15 is 0 Å². The van der Waals surface area contributed by atoms with Crippen molar-refractivity contribution in [3.05, 3.63) is 0 Å². The zero-order valence-electron chi connectivity index (χ0n) is 6.36. The molecule has 0 amide bonds. The van der Waals surface area contributed by atoms with Crippen LogP contribution in [-0.2, 0) is 9.13 Å². The smallest absolute Gasteiger partial charge is 1.00 e. The Balaban J connectivity index is -0.0000000128. The van der Waals surface area contributed by atoms with Gasteiger partial charge in [-0.3, -0.25) is 0 Å². The van der Waals surface area contributed by atoms with Gasteiger partial charge >= 0.3 is 71.7 Å². The molecule has 0 saturated heterocycles. The Morgan fingerprint density at radius 2 is 0.667 bits per heavy atom. The fourth-order valence-electron chi connectivity index (χ4n) is 0. The molecule has 0 aliphatic carbocycles. The van der Waals surface area contributed by atoms with Gasteiger partial charge in [-0.15, -0.1) is 0 Å². The van der Waals surface area contributed by atoms with Crippen LogP contribution in [0.5, 0.6) is 0 Å². The molecule has 0 spiro atoms. The summed E-state index contributed by atoms with van der Waals surface area (Å²) in [4.78, 5) is 33.8. The van der Waals surface area contributed by atoms with Gasteiger partial charge < -0.3 is 38.1 Å². The number of hydrogen-bond donors (Lipinski definition) is 0. The maximum atomic E-state index is 10.1. The van der Waals surface area contributed by atoms with E-state index in [-0.39, 0.29) is 81.1 Å². The largest absolute Gasteiger partial charge is 2.00 e. The zero-order valence-corrected chi connectivity index (χ0v) is 16.7. The molecule has 0 atom stereocenters. The molecule has 0 aromatic carbocycles. The van der Waals surface area contributed by atoms with Crippen LogP contribution < -0.4 is 29.0 Å². The molecular formula is F4O6P2Sn3. The van der Waals surface area contributed by atoms with Gasteiger partial charge in [0, 0.05) is 0 Å². The van der Waals surface area contributed by atoms with Crippen molar-refractivity contribution in [1.29, 1.82) is 0 Å². The second-order valence-electron chi connectivity index (χ2n) is 0.861. The van der Waals surface area contributed by atoms with Crippen molar-refractivity contribution in [2.24, 2.45) is 0 Å². The van der Waals surface area contributed by atoms with E-state index in [1.54, 1.807) is 0 Å². The Morgan fingerprint density at radius 1 is 0.667 bits per heavy atom. The topological polar surface area (TPSA) is 126 Å². The normalized spacial score (nSPS) is 7.87. The maximum Gasteiger partial charge on any atom is 2.00 e. The van der Waals surface area contributed by atoms with Crippen LogP contribution >= 0.6 is 15.8 Å². The Bertz CT molecular complexity index is 141. The summed E-state index contributed by atoms with van der Waals surface area (Å²) in [6.45, 7) is 0. The molecule has 0 aromatic rings. The summed E-state index contributed by atoms with van der Waals surface area (Å²) in [7, 11) is -11.3. The minimum atomic E-state index is -5.64. The van der Waals surface area contributed by atoms with Crippen LogP contribution in [0.15, 0.2) is 0 Å². The Morgan fingerprint density at radius 3 is 0.667 bits per heavy atom. The summed E-state index contributed by atoms with van der Waals surface area (Å²) < 4.78 is 37.1. The first-order valence-electron chi connectivity index (χ1n) is 1.43. The van der Waals surface area contributed by atoms with E-state index in [1.165, 1.54) is 0 Å². The van der Waals surface area contributed by atoms with Crippen molar-refractivity contribution in [1.82, 2.24) is 0 Å². The molecule has 6 radical (unpaired) electrons. The van der Waals surface area contributed by atoms with Gasteiger partial charge in [-0.05, 0) is 0 Å². The fourth-order valence-corrected chi connectivity index (χ4v) is 0. The molecule has 0 aliphatic rings. The standard InChI is InChI=1S/2FH2O3P.2FH.3Sn/c2*1-5(2,3)4;;;;;/h2*(H2,2,3,4);2*1H;;;/q;;;;3*+2/p-6. The quantitative estimate of drug-likeness (QED) is 0.157. The van der Waals surface area contributed by atoms with Gasteiger partial charge in [-0.25, -0.2) is 8.39 Å². The molecule has 0 bridgehead atoms. The van der Waals surface area contributed by atoms with Gasteiger partial charge in [-0.2, -0.15) is 0 Å². The van der Waals surface area contributed by atoms with Gasteiger partial charge in [0.2, 0.25) is 0 Å². The van der Waals surface area contributed by atoms with Crippen LogP contribution in [-0.4, -0.2) is 71.7 Å². The van der Waals surface area contributed by atoms with E-state index in [9.17, 15) is 8.39 Å². The second kappa shape index (κ2) is 18.8. The van der Waals surface area contributed by atoms with Crippen molar-refractivity contribution in [3.63, 3.8) is 0 Å². The van der Waals surface area contributed by atoms with E-state index in [4.69, 9.17) is 28.7 Å². The van der Waals surface area contributed by atoms with Crippen molar-refractivity contribution in [3.8, 4) is 0 Å². The van der Waals surface area contributed by atoms with Gasteiger partial charge in [0.1, 0.15) is 15.8 Å². The minimum absolute atomic E-state index is 0. The third kappa shape index (κ3) is 584. The van der Waals surface area contributed by atoms with Gasteiger partial charge in [0.25, 0.3) is 0 Å². The predicted octanol–water partition coefficient (Wildman–Crippen LogP) is -9.57. The molecule has 0 aliphatic heterocycles. The zero-order chi connectivity index (χ0) is 9.00. The van der Waals surface area contributed by atoms with Gasteiger partial charge in [0.05, 0.1) is 0 Å². The van der Waals surface area contributed by atoms with Crippen LogP contribution in [0.3, 0.4) is 0 Å². The van der Waals surface area contributed by atoms with Gasteiger partial charge in [0.15, 0.2) is 0 Å². The average Bonchev–Trinajstić information content (AvgIpc) is 1.12. The molecule has 0 heterocycles. The summed E-state index contributed by atoms with van der Waals surface area (Å²) in [5.41, 5.74) is 0. The maximum absolute atomic E-state index is 10.1. The fraction of sp³-hybridized carbons (Fsp3) is 0. The molecule has 0 N–H and O–H groups in total. The van der Waals surface area contributed by atoms with Crippen LogP contribution in [0.25, 0.3) is 0 Å². The molecule has 86 valence electrons. The summed E-state index contributed by atoms with van der Waals surface area (Å²) in [5, 5.41) is 0. The van der Waals surface area contributed by atoms with Gasteiger partial charge in [-0.1, -0.05) is 0 Å². The molecule has 15 heavy (non-hydrogen) atoms. The monoisotopic (exact) mass is 594 g/mol. The van der Waals surface area contributed by atoms with Crippen molar-refractivity contribution >= 4 is 87.5 Å². The molecule has 0 unspecified atom stereocenters. The summed E-state index contributed by atoms with van der Waals surface area (Å²) in [6.07, 6.45) is 0. The van der Waals surface area contributed by atoms with E-state index in [1.807, 2.05) is 0 Å². The summed E-state index contributed by atoms with van der Waals surface area (Å²) in [5.74, 6) is 0. The predicted molar refractivity (Wildman–Crippen MR) is 34.7 cm³/mol. The van der Waals surface area contributed by atoms with Crippen LogP contribution in [0.2, 0.25) is 0 Å². The molecule has 0 rings (SSSR count). The van der Waals surface area contributed by atoms with E-state index in [0.717, 1.165) is 0 Å². The first-order chi connectivity index (χ1) is 4.00. The van der Waals surface area contributed by atoms with E-state index in [2.05, 4.69) is 0 Å². The molecule has 6 nitrogen and oxygen atoms in total.